The lowest BCUT2D eigenvalue weighted by Gasteiger charge is -2.20. The minimum atomic E-state index is -1.03. The summed E-state index contributed by atoms with van der Waals surface area (Å²) in [6.07, 6.45) is 0.500. The molecule has 1 aromatic carbocycles. The van der Waals surface area contributed by atoms with Gasteiger partial charge in [0.25, 0.3) is 0 Å². The number of halogens is 1. The lowest BCUT2D eigenvalue weighted by Crippen LogP contribution is -2.51. The maximum atomic E-state index is 12.2. The van der Waals surface area contributed by atoms with Crippen molar-refractivity contribution in [2.75, 3.05) is 0 Å². The topological polar surface area (TPSA) is 90.5 Å². The van der Waals surface area contributed by atoms with Crippen molar-refractivity contribution < 1.29 is 14.7 Å². The van der Waals surface area contributed by atoms with Crippen LogP contribution >= 0.6 is 11.6 Å². The highest BCUT2D eigenvalue weighted by molar-refractivity contribution is 6.31. The number of carboxylic acids is 1. The van der Waals surface area contributed by atoms with Gasteiger partial charge in [0.05, 0.1) is 0 Å². The highest BCUT2D eigenvalue weighted by Gasteiger charge is 2.33. The van der Waals surface area contributed by atoms with Gasteiger partial charge in [0.2, 0.25) is 5.91 Å². The van der Waals surface area contributed by atoms with Crippen LogP contribution in [0.15, 0.2) is 24.3 Å². The molecule has 0 bridgehead atoms. The van der Waals surface area contributed by atoms with Gasteiger partial charge in [-0.15, -0.1) is 0 Å². The van der Waals surface area contributed by atoms with Gasteiger partial charge in [-0.2, -0.15) is 0 Å². The van der Waals surface area contributed by atoms with Gasteiger partial charge in [-0.3, -0.25) is 4.79 Å². The molecule has 3 unspecified atom stereocenters. The van der Waals surface area contributed by atoms with Crippen LogP contribution in [-0.2, 0) is 9.59 Å². The molecule has 0 spiro atoms. The Balaban J connectivity index is 1.99. The summed E-state index contributed by atoms with van der Waals surface area (Å²) in [5, 5.41) is 12.3. The highest BCUT2D eigenvalue weighted by Crippen LogP contribution is 2.28. The summed E-state index contributed by atoms with van der Waals surface area (Å²) in [6.45, 7) is 3.51. The molecular formula is C15H20ClN3O3. The van der Waals surface area contributed by atoms with Crippen LogP contribution in [0.5, 0.6) is 0 Å². The molecule has 1 saturated heterocycles. The van der Waals surface area contributed by atoms with Crippen molar-refractivity contribution in [2.24, 2.45) is 5.92 Å². The van der Waals surface area contributed by atoms with Crippen LogP contribution in [0.2, 0.25) is 5.02 Å². The van der Waals surface area contributed by atoms with Crippen molar-refractivity contribution in [1.29, 1.82) is 0 Å². The van der Waals surface area contributed by atoms with E-state index in [-0.39, 0.29) is 17.9 Å². The monoisotopic (exact) mass is 325 g/mol. The molecule has 6 nitrogen and oxygen atoms in total. The SMILES string of the molecule is CC(C)C(NC(=O)C1CC(c2ccccc2Cl)NN1)C(=O)O. The van der Waals surface area contributed by atoms with E-state index in [0.717, 1.165) is 5.56 Å². The Bertz CT molecular complexity index is 565. The summed E-state index contributed by atoms with van der Waals surface area (Å²) in [4.78, 5) is 23.4. The number of hydrazine groups is 1. The smallest absolute Gasteiger partial charge is 0.326 e. The molecule has 1 aliphatic rings. The summed E-state index contributed by atoms with van der Waals surface area (Å²) in [5.41, 5.74) is 6.84. The fourth-order valence-corrected chi connectivity index (χ4v) is 2.72. The van der Waals surface area contributed by atoms with Gasteiger partial charge in [0.15, 0.2) is 0 Å². The average molecular weight is 326 g/mol. The van der Waals surface area contributed by atoms with Crippen LogP contribution in [0.4, 0.5) is 0 Å². The molecule has 1 amide bonds. The predicted octanol–water partition coefficient (Wildman–Crippen LogP) is 1.47. The molecule has 1 aromatic rings. The second-order valence-electron chi connectivity index (χ2n) is 5.72. The van der Waals surface area contributed by atoms with Crippen LogP contribution in [0.1, 0.15) is 31.9 Å². The number of benzene rings is 1. The number of amides is 1. The molecule has 3 atom stereocenters. The average Bonchev–Trinajstić information content (AvgIpc) is 2.94. The zero-order valence-electron chi connectivity index (χ0n) is 12.5. The number of carbonyl (C=O) groups excluding carboxylic acids is 1. The fourth-order valence-electron chi connectivity index (χ4n) is 2.46. The Morgan fingerprint density at radius 1 is 1.32 bits per heavy atom. The van der Waals surface area contributed by atoms with Gasteiger partial charge in [0.1, 0.15) is 12.1 Å². The van der Waals surface area contributed by atoms with E-state index in [2.05, 4.69) is 16.2 Å². The molecule has 4 N–H and O–H groups in total. The van der Waals surface area contributed by atoms with E-state index >= 15 is 0 Å². The van der Waals surface area contributed by atoms with E-state index in [1.54, 1.807) is 19.9 Å². The normalized spacial score (nSPS) is 22.5. The van der Waals surface area contributed by atoms with E-state index in [1.807, 2.05) is 18.2 Å². The third kappa shape index (κ3) is 3.76. The van der Waals surface area contributed by atoms with Gasteiger partial charge in [0, 0.05) is 11.1 Å². The predicted molar refractivity (Wildman–Crippen MR) is 83.3 cm³/mol. The van der Waals surface area contributed by atoms with Crippen molar-refractivity contribution in [1.82, 2.24) is 16.2 Å². The fraction of sp³-hybridized carbons (Fsp3) is 0.467. The number of hydrogen-bond donors (Lipinski definition) is 4. The zero-order valence-corrected chi connectivity index (χ0v) is 13.2. The highest BCUT2D eigenvalue weighted by atomic mass is 35.5. The molecule has 120 valence electrons. The number of nitrogens with one attached hydrogen (secondary N) is 3. The molecule has 1 aliphatic heterocycles. The third-order valence-corrected chi connectivity index (χ3v) is 4.08. The summed E-state index contributed by atoms with van der Waals surface area (Å²) in [6, 6.07) is 5.94. The Labute approximate surface area is 134 Å². The van der Waals surface area contributed by atoms with Crippen LogP contribution < -0.4 is 16.2 Å². The molecule has 0 radical (unpaired) electrons. The quantitative estimate of drug-likeness (QED) is 0.658. The van der Waals surface area contributed by atoms with E-state index in [4.69, 9.17) is 16.7 Å². The second-order valence-corrected chi connectivity index (χ2v) is 6.13. The number of hydrogen-bond acceptors (Lipinski definition) is 4. The Morgan fingerprint density at radius 2 is 2.00 bits per heavy atom. The third-order valence-electron chi connectivity index (χ3n) is 3.73. The van der Waals surface area contributed by atoms with Crippen LogP contribution in [0.3, 0.4) is 0 Å². The minimum absolute atomic E-state index is 0.0909. The molecule has 22 heavy (non-hydrogen) atoms. The summed E-state index contributed by atoms with van der Waals surface area (Å²) in [7, 11) is 0. The first kappa shape index (κ1) is 16.7. The maximum Gasteiger partial charge on any atom is 0.326 e. The van der Waals surface area contributed by atoms with Crippen LogP contribution in [0, 0.1) is 5.92 Å². The van der Waals surface area contributed by atoms with Crippen molar-refractivity contribution >= 4 is 23.5 Å². The van der Waals surface area contributed by atoms with Gasteiger partial charge < -0.3 is 10.4 Å². The van der Waals surface area contributed by atoms with Crippen molar-refractivity contribution in [3.05, 3.63) is 34.9 Å². The van der Waals surface area contributed by atoms with Crippen molar-refractivity contribution in [3.63, 3.8) is 0 Å². The Kier molecular flexibility index (Phi) is 5.39. The summed E-state index contributed by atoms with van der Waals surface area (Å²) < 4.78 is 0. The summed E-state index contributed by atoms with van der Waals surface area (Å²) >= 11 is 6.15. The summed E-state index contributed by atoms with van der Waals surface area (Å²) in [5.74, 6) is -1.55. The van der Waals surface area contributed by atoms with E-state index < -0.39 is 18.1 Å². The largest absolute Gasteiger partial charge is 0.480 e. The Morgan fingerprint density at radius 3 is 2.59 bits per heavy atom. The molecule has 0 saturated carbocycles. The molecular weight excluding hydrogens is 306 g/mol. The van der Waals surface area contributed by atoms with Gasteiger partial charge >= 0.3 is 5.97 Å². The number of aliphatic carboxylic acids is 1. The van der Waals surface area contributed by atoms with E-state index in [0.29, 0.717) is 11.4 Å². The molecule has 1 heterocycles. The molecule has 2 rings (SSSR count). The number of rotatable bonds is 5. The standard InChI is InChI=1S/C15H20ClN3O3/c1-8(2)13(15(21)22)17-14(20)12-7-11(18-19-12)9-5-3-4-6-10(9)16/h3-6,8,11-13,18-19H,7H2,1-2H3,(H,17,20)(H,21,22). The maximum absolute atomic E-state index is 12.2. The van der Waals surface area contributed by atoms with Crippen LogP contribution in [-0.4, -0.2) is 29.1 Å². The first-order valence-electron chi connectivity index (χ1n) is 7.18. The van der Waals surface area contributed by atoms with Crippen molar-refractivity contribution in [2.45, 2.75) is 38.4 Å². The van der Waals surface area contributed by atoms with Gasteiger partial charge in [-0.1, -0.05) is 43.6 Å². The lowest BCUT2D eigenvalue weighted by atomic mass is 10.0. The van der Waals surface area contributed by atoms with Crippen molar-refractivity contribution in [3.8, 4) is 0 Å². The first-order valence-corrected chi connectivity index (χ1v) is 7.56. The number of carbonyl (C=O) groups is 2. The molecule has 0 aliphatic carbocycles. The van der Waals surface area contributed by atoms with Crippen LogP contribution in [0.25, 0.3) is 0 Å². The van der Waals surface area contributed by atoms with Gasteiger partial charge in [-0.05, 0) is 24.0 Å². The number of carboxylic acid groups (broad SMARTS) is 1. The lowest BCUT2D eigenvalue weighted by molar-refractivity contribution is -0.143. The molecule has 0 aromatic heterocycles. The molecule has 7 heteroatoms. The minimum Gasteiger partial charge on any atom is -0.480 e. The van der Waals surface area contributed by atoms with E-state index in [9.17, 15) is 9.59 Å². The Hall–Kier alpha value is -1.63. The second kappa shape index (κ2) is 7.09. The zero-order chi connectivity index (χ0) is 16.3. The van der Waals surface area contributed by atoms with Gasteiger partial charge in [-0.25, -0.2) is 15.6 Å². The first-order chi connectivity index (χ1) is 10.4. The van der Waals surface area contributed by atoms with E-state index in [1.165, 1.54) is 0 Å². The molecule has 1 fully saturated rings.